The molecule has 0 aliphatic heterocycles. The van der Waals surface area contributed by atoms with Crippen LogP contribution in [0.2, 0.25) is 0 Å². The third-order valence-electron chi connectivity index (χ3n) is 3.62. The fourth-order valence-electron chi connectivity index (χ4n) is 2.62. The summed E-state index contributed by atoms with van der Waals surface area (Å²) in [4.78, 5) is 0. The number of aryl methyl sites for hydroxylation is 2. The van der Waals surface area contributed by atoms with Crippen molar-refractivity contribution in [2.45, 2.75) is 59.4 Å². The van der Waals surface area contributed by atoms with Gasteiger partial charge < -0.3 is 5.73 Å². The average Bonchev–Trinajstić information content (AvgIpc) is 2.31. The zero-order valence-corrected chi connectivity index (χ0v) is 11.8. The van der Waals surface area contributed by atoms with E-state index in [1.54, 1.807) is 0 Å². The second kappa shape index (κ2) is 6.80. The van der Waals surface area contributed by atoms with Gasteiger partial charge in [-0.1, -0.05) is 50.5 Å². The van der Waals surface area contributed by atoms with E-state index in [0.29, 0.717) is 5.92 Å². The van der Waals surface area contributed by atoms with Gasteiger partial charge in [-0.3, -0.25) is 0 Å². The topological polar surface area (TPSA) is 26.0 Å². The summed E-state index contributed by atoms with van der Waals surface area (Å²) in [6, 6.07) is 6.83. The molecule has 0 bridgehead atoms. The summed E-state index contributed by atoms with van der Waals surface area (Å²) in [6.45, 7) is 8.81. The zero-order valence-electron chi connectivity index (χ0n) is 11.8. The quantitative estimate of drug-likeness (QED) is 0.768. The van der Waals surface area contributed by atoms with E-state index in [1.165, 1.54) is 42.4 Å². The van der Waals surface area contributed by atoms with Crippen LogP contribution in [0.4, 0.5) is 0 Å². The Bertz CT molecular complexity index is 337. The lowest BCUT2D eigenvalue weighted by atomic mass is 9.84. The number of benzene rings is 1. The molecule has 1 aromatic carbocycles. The molecule has 1 nitrogen and oxygen atoms in total. The highest BCUT2D eigenvalue weighted by Gasteiger charge is 2.19. The van der Waals surface area contributed by atoms with E-state index < -0.39 is 0 Å². The molecule has 2 N–H and O–H groups in total. The minimum atomic E-state index is 0.204. The summed E-state index contributed by atoms with van der Waals surface area (Å²) >= 11 is 0. The van der Waals surface area contributed by atoms with Crippen LogP contribution in [0.5, 0.6) is 0 Å². The van der Waals surface area contributed by atoms with Crippen LogP contribution in [0.3, 0.4) is 0 Å². The van der Waals surface area contributed by atoms with Crippen LogP contribution >= 0.6 is 0 Å². The summed E-state index contributed by atoms with van der Waals surface area (Å²) in [7, 11) is 0. The van der Waals surface area contributed by atoms with Gasteiger partial charge in [-0.05, 0) is 43.7 Å². The molecule has 1 heteroatoms. The fraction of sp³-hybridized carbons (Fsp3) is 0.625. The molecule has 0 aliphatic carbocycles. The van der Waals surface area contributed by atoms with Crippen LogP contribution in [0.1, 0.15) is 62.3 Å². The highest BCUT2D eigenvalue weighted by atomic mass is 14.7. The maximum atomic E-state index is 6.48. The summed E-state index contributed by atoms with van der Waals surface area (Å²) in [5.74, 6) is 0.630. The Morgan fingerprint density at radius 3 is 2.18 bits per heavy atom. The van der Waals surface area contributed by atoms with E-state index in [4.69, 9.17) is 5.73 Å². The summed E-state index contributed by atoms with van der Waals surface area (Å²) in [6.07, 6.45) is 4.93. The minimum absolute atomic E-state index is 0.204. The predicted molar refractivity (Wildman–Crippen MR) is 76.2 cm³/mol. The molecule has 0 spiro atoms. The van der Waals surface area contributed by atoms with Crippen molar-refractivity contribution in [1.29, 1.82) is 0 Å². The van der Waals surface area contributed by atoms with Crippen LogP contribution in [0, 0.1) is 19.8 Å². The van der Waals surface area contributed by atoms with Crippen molar-refractivity contribution < 1.29 is 0 Å². The van der Waals surface area contributed by atoms with Crippen LogP contribution in [-0.4, -0.2) is 0 Å². The Hall–Kier alpha value is -0.820. The normalized spacial score (nSPS) is 13.1. The van der Waals surface area contributed by atoms with Gasteiger partial charge in [-0.25, -0.2) is 0 Å². The first kappa shape index (κ1) is 14.2. The van der Waals surface area contributed by atoms with Gasteiger partial charge in [0, 0.05) is 6.04 Å². The van der Waals surface area contributed by atoms with Crippen molar-refractivity contribution in [1.82, 2.24) is 0 Å². The van der Waals surface area contributed by atoms with Crippen LogP contribution in [-0.2, 0) is 0 Å². The average molecular weight is 233 g/mol. The Morgan fingerprint density at radius 2 is 1.65 bits per heavy atom. The predicted octanol–water partition coefficient (Wildman–Crippen LogP) is 4.52. The highest BCUT2D eigenvalue weighted by molar-refractivity contribution is 5.33. The number of nitrogens with two attached hydrogens (primary N) is 1. The van der Waals surface area contributed by atoms with Gasteiger partial charge in [0.05, 0.1) is 0 Å². The largest absolute Gasteiger partial charge is 0.324 e. The fourth-order valence-corrected chi connectivity index (χ4v) is 2.62. The number of rotatable bonds is 6. The van der Waals surface area contributed by atoms with Crippen molar-refractivity contribution >= 4 is 0 Å². The van der Waals surface area contributed by atoms with E-state index in [1.807, 2.05) is 0 Å². The third kappa shape index (κ3) is 3.85. The third-order valence-corrected chi connectivity index (χ3v) is 3.62. The van der Waals surface area contributed by atoms with Gasteiger partial charge in [0.15, 0.2) is 0 Å². The molecule has 1 unspecified atom stereocenters. The molecule has 0 saturated carbocycles. The van der Waals surface area contributed by atoms with E-state index in [9.17, 15) is 0 Å². The summed E-state index contributed by atoms with van der Waals surface area (Å²) < 4.78 is 0. The molecule has 0 amide bonds. The summed E-state index contributed by atoms with van der Waals surface area (Å²) in [5.41, 5.74) is 10.5. The van der Waals surface area contributed by atoms with Crippen LogP contribution in [0.25, 0.3) is 0 Å². The molecule has 0 fully saturated rings. The molecule has 1 aromatic rings. The lowest BCUT2D eigenvalue weighted by Crippen LogP contribution is -2.22. The van der Waals surface area contributed by atoms with E-state index >= 15 is 0 Å². The Morgan fingerprint density at radius 1 is 1.06 bits per heavy atom. The Kier molecular flexibility index (Phi) is 5.70. The second-order valence-corrected chi connectivity index (χ2v) is 5.22. The lowest BCUT2D eigenvalue weighted by Gasteiger charge is -2.25. The zero-order chi connectivity index (χ0) is 12.8. The van der Waals surface area contributed by atoms with Gasteiger partial charge >= 0.3 is 0 Å². The van der Waals surface area contributed by atoms with Gasteiger partial charge in [0.2, 0.25) is 0 Å². The second-order valence-electron chi connectivity index (χ2n) is 5.22. The molecule has 17 heavy (non-hydrogen) atoms. The first-order valence-corrected chi connectivity index (χ1v) is 6.92. The number of hydrogen-bond acceptors (Lipinski definition) is 1. The van der Waals surface area contributed by atoms with Gasteiger partial charge in [0.25, 0.3) is 0 Å². The molecule has 1 atom stereocenters. The Balaban J connectivity index is 2.91. The lowest BCUT2D eigenvalue weighted by molar-refractivity contribution is 0.368. The van der Waals surface area contributed by atoms with Gasteiger partial charge in [0.1, 0.15) is 0 Å². The van der Waals surface area contributed by atoms with E-state index in [-0.39, 0.29) is 6.04 Å². The van der Waals surface area contributed by atoms with Crippen molar-refractivity contribution in [3.05, 3.63) is 34.9 Å². The van der Waals surface area contributed by atoms with Gasteiger partial charge in [-0.15, -0.1) is 0 Å². The molecular formula is C16H27N. The van der Waals surface area contributed by atoms with E-state index in [0.717, 1.165) is 0 Å². The van der Waals surface area contributed by atoms with Crippen LogP contribution in [0.15, 0.2) is 18.2 Å². The molecule has 0 saturated heterocycles. The molecule has 0 radical (unpaired) electrons. The van der Waals surface area contributed by atoms with Crippen LogP contribution < -0.4 is 5.73 Å². The highest BCUT2D eigenvalue weighted by Crippen LogP contribution is 2.29. The first-order chi connectivity index (χ1) is 8.10. The molecular weight excluding hydrogens is 206 g/mol. The monoisotopic (exact) mass is 233 g/mol. The van der Waals surface area contributed by atoms with Crippen molar-refractivity contribution in [2.24, 2.45) is 11.7 Å². The SMILES string of the molecule is CCCC(CCC)C(N)c1cc(C)ccc1C. The summed E-state index contributed by atoms with van der Waals surface area (Å²) in [5, 5.41) is 0. The van der Waals surface area contributed by atoms with Gasteiger partial charge in [-0.2, -0.15) is 0 Å². The first-order valence-electron chi connectivity index (χ1n) is 6.92. The van der Waals surface area contributed by atoms with Crippen molar-refractivity contribution in [3.8, 4) is 0 Å². The molecule has 0 aliphatic rings. The smallest absolute Gasteiger partial charge is 0.0326 e. The van der Waals surface area contributed by atoms with E-state index in [2.05, 4.69) is 45.9 Å². The number of hydrogen-bond donors (Lipinski definition) is 1. The van der Waals surface area contributed by atoms with Crippen molar-refractivity contribution in [3.63, 3.8) is 0 Å². The standard InChI is InChI=1S/C16H27N/c1-5-7-14(8-6-2)16(17)15-11-12(3)9-10-13(15)4/h9-11,14,16H,5-8,17H2,1-4H3. The molecule has 1 rings (SSSR count). The van der Waals surface area contributed by atoms with Crippen molar-refractivity contribution in [2.75, 3.05) is 0 Å². The maximum Gasteiger partial charge on any atom is 0.0326 e. The Labute approximate surface area is 106 Å². The molecule has 96 valence electrons. The molecule has 0 heterocycles. The molecule has 0 aromatic heterocycles. The maximum absolute atomic E-state index is 6.48. The minimum Gasteiger partial charge on any atom is -0.324 e.